The molecule has 2 heterocycles. The predicted molar refractivity (Wildman–Crippen MR) is 48.9 cm³/mol. The molecule has 0 aliphatic heterocycles. The van der Waals surface area contributed by atoms with Crippen molar-refractivity contribution < 1.29 is 0 Å². The summed E-state index contributed by atoms with van der Waals surface area (Å²) in [5, 5.41) is 4.24. The molecule has 0 unspecified atom stereocenters. The van der Waals surface area contributed by atoms with Crippen LogP contribution in [0.3, 0.4) is 0 Å². The lowest BCUT2D eigenvalue weighted by molar-refractivity contribution is 0.659. The fourth-order valence-electron chi connectivity index (χ4n) is 1.06. The molecule has 0 amide bonds. The molecule has 0 aromatic carbocycles. The van der Waals surface area contributed by atoms with Gasteiger partial charge in [0.15, 0.2) is 5.82 Å². The fraction of sp³-hybridized carbons (Fsp3) is 0.222. The molecular formula is C9H10N4. The molecule has 0 bridgehead atoms. The number of hydrogen-bond acceptors (Lipinski definition) is 3. The largest absolute Gasteiger partial charge is 0.253 e. The summed E-state index contributed by atoms with van der Waals surface area (Å²) < 4.78 is 1.78. The maximum atomic E-state index is 4.24. The van der Waals surface area contributed by atoms with Gasteiger partial charge in [0.05, 0.1) is 0 Å². The Balaban J connectivity index is 2.36. The van der Waals surface area contributed by atoms with Crippen LogP contribution < -0.4 is 0 Å². The van der Waals surface area contributed by atoms with Crippen molar-refractivity contribution in [2.45, 2.75) is 13.5 Å². The molecule has 0 fully saturated rings. The van der Waals surface area contributed by atoms with Gasteiger partial charge < -0.3 is 0 Å². The van der Waals surface area contributed by atoms with Gasteiger partial charge in [0, 0.05) is 12.7 Å². The van der Waals surface area contributed by atoms with Crippen LogP contribution in [0.4, 0.5) is 0 Å². The lowest BCUT2D eigenvalue weighted by Gasteiger charge is -1.92. The van der Waals surface area contributed by atoms with Crippen LogP contribution in [0.25, 0.3) is 11.5 Å². The monoisotopic (exact) mass is 174 g/mol. The summed E-state index contributed by atoms with van der Waals surface area (Å²) in [4.78, 5) is 8.30. The summed E-state index contributed by atoms with van der Waals surface area (Å²) in [6, 6.07) is 5.70. The van der Waals surface area contributed by atoms with E-state index >= 15 is 0 Å². The van der Waals surface area contributed by atoms with E-state index in [0.29, 0.717) is 5.82 Å². The van der Waals surface area contributed by atoms with Crippen molar-refractivity contribution in [3.05, 3.63) is 30.7 Å². The molecule has 2 aromatic rings. The van der Waals surface area contributed by atoms with Gasteiger partial charge in [0.25, 0.3) is 0 Å². The minimum Gasteiger partial charge on any atom is -0.253 e. The van der Waals surface area contributed by atoms with E-state index in [1.165, 1.54) is 0 Å². The molecule has 4 nitrogen and oxygen atoms in total. The topological polar surface area (TPSA) is 43.6 Å². The summed E-state index contributed by atoms with van der Waals surface area (Å²) in [6.45, 7) is 2.86. The minimum absolute atomic E-state index is 0.683. The molecule has 0 N–H and O–H groups in total. The summed E-state index contributed by atoms with van der Waals surface area (Å²) in [6.07, 6.45) is 3.45. The van der Waals surface area contributed by atoms with Crippen molar-refractivity contribution in [3.8, 4) is 11.5 Å². The summed E-state index contributed by atoms with van der Waals surface area (Å²) in [5.74, 6) is 0.683. The average Bonchev–Trinajstić information content (AvgIpc) is 2.67. The van der Waals surface area contributed by atoms with Crippen molar-refractivity contribution in [2.24, 2.45) is 0 Å². The third kappa shape index (κ3) is 1.56. The highest BCUT2D eigenvalue weighted by atomic mass is 15.3. The van der Waals surface area contributed by atoms with E-state index in [4.69, 9.17) is 0 Å². The Morgan fingerprint density at radius 3 is 2.85 bits per heavy atom. The first-order valence-electron chi connectivity index (χ1n) is 4.21. The van der Waals surface area contributed by atoms with Crippen LogP contribution in [0.2, 0.25) is 0 Å². The van der Waals surface area contributed by atoms with E-state index in [0.717, 1.165) is 12.2 Å². The molecule has 4 heteroatoms. The highest BCUT2D eigenvalue weighted by Gasteiger charge is 2.02. The van der Waals surface area contributed by atoms with Crippen molar-refractivity contribution in [1.82, 2.24) is 19.7 Å². The predicted octanol–water partition coefficient (Wildman–Crippen LogP) is 1.36. The van der Waals surface area contributed by atoms with Gasteiger partial charge in [-0.05, 0) is 19.1 Å². The van der Waals surface area contributed by atoms with Crippen molar-refractivity contribution in [1.29, 1.82) is 0 Å². The maximum absolute atomic E-state index is 4.24. The molecule has 0 saturated heterocycles. The maximum Gasteiger partial charge on any atom is 0.199 e. The molecule has 2 rings (SSSR count). The Hall–Kier alpha value is -1.71. The highest BCUT2D eigenvalue weighted by molar-refractivity contribution is 5.46. The lowest BCUT2D eigenvalue weighted by atomic mass is 10.3. The smallest absolute Gasteiger partial charge is 0.199 e. The van der Waals surface area contributed by atoms with Crippen LogP contribution in [-0.4, -0.2) is 19.7 Å². The SMILES string of the molecule is CCn1cnc(-c2ccccn2)n1. The summed E-state index contributed by atoms with van der Waals surface area (Å²) in [5.41, 5.74) is 0.815. The zero-order valence-corrected chi connectivity index (χ0v) is 7.38. The highest BCUT2D eigenvalue weighted by Crippen LogP contribution is 2.08. The molecular weight excluding hydrogens is 164 g/mol. The molecule has 2 aromatic heterocycles. The summed E-state index contributed by atoms with van der Waals surface area (Å²) in [7, 11) is 0. The van der Waals surface area contributed by atoms with Gasteiger partial charge in [-0.25, -0.2) is 4.98 Å². The zero-order valence-electron chi connectivity index (χ0n) is 7.38. The Bertz CT molecular complexity index is 380. The van der Waals surface area contributed by atoms with E-state index in [1.54, 1.807) is 17.2 Å². The van der Waals surface area contributed by atoms with Gasteiger partial charge in [0.1, 0.15) is 12.0 Å². The van der Waals surface area contributed by atoms with Crippen molar-refractivity contribution >= 4 is 0 Å². The van der Waals surface area contributed by atoms with E-state index < -0.39 is 0 Å². The Labute approximate surface area is 76.3 Å². The third-order valence-corrected chi connectivity index (χ3v) is 1.75. The van der Waals surface area contributed by atoms with Gasteiger partial charge in [-0.3, -0.25) is 9.67 Å². The number of rotatable bonds is 2. The van der Waals surface area contributed by atoms with Gasteiger partial charge in [-0.15, -0.1) is 5.10 Å². The summed E-state index contributed by atoms with van der Waals surface area (Å²) >= 11 is 0. The number of hydrogen-bond donors (Lipinski definition) is 0. The van der Waals surface area contributed by atoms with Crippen molar-refractivity contribution in [3.63, 3.8) is 0 Å². The van der Waals surface area contributed by atoms with E-state index in [1.807, 2.05) is 25.1 Å². The van der Waals surface area contributed by atoms with Crippen LogP contribution in [0.1, 0.15) is 6.92 Å². The first kappa shape index (κ1) is 7.91. The molecule has 0 spiro atoms. The van der Waals surface area contributed by atoms with Crippen LogP contribution in [0, 0.1) is 0 Å². The standard InChI is InChI=1S/C9H10N4/c1-2-13-7-11-9(12-13)8-5-3-4-6-10-8/h3-7H,2H2,1H3. The molecule has 13 heavy (non-hydrogen) atoms. The Morgan fingerprint density at radius 1 is 1.31 bits per heavy atom. The lowest BCUT2D eigenvalue weighted by Crippen LogP contribution is -1.94. The van der Waals surface area contributed by atoms with Gasteiger partial charge in [-0.2, -0.15) is 0 Å². The number of aromatic nitrogens is 4. The first-order chi connectivity index (χ1) is 6.40. The third-order valence-electron chi connectivity index (χ3n) is 1.75. The minimum atomic E-state index is 0.683. The van der Waals surface area contributed by atoms with Gasteiger partial charge >= 0.3 is 0 Å². The molecule has 0 radical (unpaired) electrons. The van der Waals surface area contributed by atoms with Gasteiger partial charge in [0.2, 0.25) is 0 Å². The van der Waals surface area contributed by atoms with E-state index in [-0.39, 0.29) is 0 Å². The van der Waals surface area contributed by atoms with Crippen LogP contribution in [0.5, 0.6) is 0 Å². The molecule has 0 aliphatic rings. The van der Waals surface area contributed by atoms with Crippen molar-refractivity contribution in [2.75, 3.05) is 0 Å². The fourth-order valence-corrected chi connectivity index (χ4v) is 1.06. The molecule has 0 aliphatic carbocycles. The number of aryl methyl sites for hydroxylation is 1. The second kappa shape index (κ2) is 3.35. The van der Waals surface area contributed by atoms with E-state index in [9.17, 15) is 0 Å². The second-order valence-electron chi connectivity index (χ2n) is 2.64. The quantitative estimate of drug-likeness (QED) is 0.690. The second-order valence-corrected chi connectivity index (χ2v) is 2.64. The number of pyridine rings is 1. The number of nitrogens with zero attached hydrogens (tertiary/aromatic N) is 4. The molecule has 0 saturated carbocycles. The molecule has 66 valence electrons. The first-order valence-corrected chi connectivity index (χ1v) is 4.21. The van der Waals surface area contributed by atoms with Crippen LogP contribution in [-0.2, 0) is 6.54 Å². The van der Waals surface area contributed by atoms with Crippen LogP contribution in [0.15, 0.2) is 30.7 Å². The van der Waals surface area contributed by atoms with Crippen LogP contribution >= 0.6 is 0 Å². The zero-order chi connectivity index (χ0) is 9.10. The Kier molecular flexibility index (Phi) is 2.04. The van der Waals surface area contributed by atoms with E-state index in [2.05, 4.69) is 15.1 Å². The average molecular weight is 174 g/mol. The normalized spacial score (nSPS) is 10.2. The molecule has 0 atom stereocenters. The Morgan fingerprint density at radius 2 is 2.23 bits per heavy atom. The van der Waals surface area contributed by atoms with Gasteiger partial charge in [-0.1, -0.05) is 6.07 Å².